The minimum Gasteiger partial charge on any atom is -0.480 e. The third-order valence-corrected chi connectivity index (χ3v) is 9.08. The van der Waals surface area contributed by atoms with Gasteiger partial charge >= 0.3 is 18.2 Å². The summed E-state index contributed by atoms with van der Waals surface area (Å²) in [6.07, 6.45) is 2.78. The van der Waals surface area contributed by atoms with Crippen molar-refractivity contribution in [3.05, 3.63) is 59.7 Å². The summed E-state index contributed by atoms with van der Waals surface area (Å²) in [5.74, 6) is 0.569. The Balaban J connectivity index is 1.25. The molecule has 228 valence electrons. The first kappa shape index (κ1) is 31.4. The summed E-state index contributed by atoms with van der Waals surface area (Å²) in [5.41, 5.74) is 0.976. The van der Waals surface area contributed by atoms with Gasteiger partial charge in [0.25, 0.3) is 0 Å². The van der Waals surface area contributed by atoms with E-state index in [1.165, 1.54) is 17.7 Å². The zero-order valence-corrected chi connectivity index (χ0v) is 24.0. The Morgan fingerprint density at radius 1 is 0.929 bits per heavy atom. The topological polar surface area (TPSA) is 108 Å². The highest BCUT2D eigenvalue weighted by Crippen LogP contribution is 2.48. The van der Waals surface area contributed by atoms with E-state index in [2.05, 4.69) is 16.0 Å². The summed E-state index contributed by atoms with van der Waals surface area (Å²) >= 11 is 0. The predicted octanol–water partition coefficient (Wildman–Crippen LogP) is 7.66. The van der Waals surface area contributed by atoms with Crippen LogP contribution >= 0.6 is 0 Å². The maximum atomic E-state index is 12.9. The number of alkyl halides is 3. The summed E-state index contributed by atoms with van der Waals surface area (Å²) in [6, 6.07) is 10.6. The summed E-state index contributed by atoms with van der Waals surface area (Å²) in [6.45, 7) is 3.76. The first-order chi connectivity index (χ1) is 19.9. The molecule has 4 N–H and O–H groups in total. The summed E-state index contributed by atoms with van der Waals surface area (Å²) in [7, 11) is 0. The van der Waals surface area contributed by atoms with Crippen LogP contribution in [-0.4, -0.2) is 29.1 Å². The Bertz CT molecular complexity index is 1250. The van der Waals surface area contributed by atoms with Crippen LogP contribution in [0.2, 0.25) is 0 Å². The minimum absolute atomic E-state index is 0.0570. The molecule has 2 aromatic carbocycles. The Labute approximate surface area is 244 Å². The van der Waals surface area contributed by atoms with Crippen molar-refractivity contribution in [3.63, 3.8) is 0 Å². The third-order valence-electron chi connectivity index (χ3n) is 9.08. The molecule has 2 fully saturated rings. The number of anilines is 2. The standard InChI is InChI=1S/C32H40F3N3O4/c1-3-19(2)29(30(40)41)38-28(39)16-20-7-8-24-17-23(10-9-22(24)15-20)21-11-13-26(14-12-21)36-31(42)37-27-6-4-5-25(18-27)32(33,34)35/h4-6,11-14,18-20,22-24,29H,3,7-10,15-17H2,1-2H3,(H,38,39)(H,40,41)(H2,36,37,42)/t19?,20?,22?,23?,24?,29-/m0/s1. The number of urea groups is 1. The molecule has 0 spiro atoms. The first-order valence-corrected chi connectivity index (χ1v) is 14.8. The lowest BCUT2D eigenvalue weighted by atomic mass is 9.63. The second-order valence-electron chi connectivity index (χ2n) is 12.0. The number of fused-ring (bicyclic) bond motifs is 1. The molecule has 0 saturated heterocycles. The molecule has 0 aliphatic heterocycles. The number of carbonyl (C=O) groups is 3. The van der Waals surface area contributed by atoms with Crippen LogP contribution < -0.4 is 16.0 Å². The highest BCUT2D eigenvalue weighted by Gasteiger charge is 2.37. The fourth-order valence-electron chi connectivity index (χ4n) is 6.56. The lowest BCUT2D eigenvalue weighted by Crippen LogP contribution is -2.45. The molecule has 10 heteroatoms. The van der Waals surface area contributed by atoms with Crippen LogP contribution in [0.3, 0.4) is 0 Å². The molecule has 0 bridgehead atoms. The van der Waals surface area contributed by atoms with Crippen molar-refractivity contribution < 1.29 is 32.7 Å². The average molecular weight is 588 g/mol. The van der Waals surface area contributed by atoms with Crippen LogP contribution in [0.4, 0.5) is 29.3 Å². The van der Waals surface area contributed by atoms with Crippen LogP contribution in [0.1, 0.15) is 82.3 Å². The molecule has 0 radical (unpaired) electrons. The predicted molar refractivity (Wildman–Crippen MR) is 155 cm³/mol. The van der Waals surface area contributed by atoms with Gasteiger partial charge in [-0.05, 0) is 104 Å². The van der Waals surface area contributed by atoms with Crippen molar-refractivity contribution in [2.24, 2.45) is 23.7 Å². The number of hydrogen-bond donors (Lipinski definition) is 4. The number of hydrogen-bond acceptors (Lipinski definition) is 3. The van der Waals surface area contributed by atoms with Crippen LogP contribution in [-0.2, 0) is 15.8 Å². The molecule has 42 heavy (non-hydrogen) atoms. The molecule has 0 heterocycles. The van der Waals surface area contributed by atoms with E-state index in [4.69, 9.17) is 0 Å². The SMILES string of the molecule is CCC(C)[C@H](NC(=O)CC1CCC2CC(c3ccc(NC(=O)Nc4cccc(C(F)(F)F)c4)cc3)CCC2C1)C(=O)O. The molecule has 2 aromatic rings. The number of aliphatic carboxylic acids is 1. The van der Waals surface area contributed by atoms with Crippen molar-refractivity contribution >= 4 is 29.3 Å². The maximum Gasteiger partial charge on any atom is 0.416 e. The lowest BCUT2D eigenvalue weighted by molar-refractivity contribution is -0.143. The Morgan fingerprint density at radius 2 is 1.60 bits per heavy atom. The fraction of sp³-hybridized carbons (Fsp3) is 0.531. The summed E-state index contributed by atoms with van der Waals surface area (Å²) in [4.78, 5) is 36.6. The van der Waals surface area contributed by atoms with Crippen molar-refractivity contribution in [1.82, 2.24) is 5.32 Å². The molecule has 7 nitrogen and oxygen atoms in total. The van der Waals surface area contributed by atoms with Crippen LogP contribution in [0.25, 0.3) is 0 Å². The second-order valence-corrected chi connectivity index (χ2v) is 12.0. The number of carboxylic acids is 1. The van der Waals surface area contributed by atoms with Gasteiger partial charge in [0.1, 0.15) is 6.04 Å². The average Bonchev–Trinajstić information content (AvgIpc) is 2.95. The maximum absolute atomic E-state index is 12.9. The fourth-order valence-corrected chi connectivity index (χ4v) is 6.56. The zero-order chi connectivity index (χ0) is 30.4. The molecule has 4 rings (SSSR count). The Kier molecular flexibility index (Phi) is 10.2. The number of nitrogens with one attached hydrogen (secondary N) is 3. The highest BCUT2D eigenvalue weighted by atomic mass is 19.4. The number of rotatable bonds is 9. The number of carbonyl (C=O) groups excluding carboxylic acids is 2. The van der Waals surface area contributed by atoms with E-state index < -0.39 is 29.8 Å². The second kappa shape index (κ2) is 13.6. The van der Waals surface area contributed by atoms with Crippen LogP contribution in [0.15, 0.2) is 48.5 Å². The molecule has 2 aliphatic rings. The van der Waals surface area contributed by atoms with Gasteiger partial charge < -0.3 is 21.1 Å². The van der Waals surface area contributed by atoms with Crippen LogP contribution in [0, 0.1) is 23.7 Å². The van der Waals surface area contributed by atoms with E-state index in [9.17, 15) is 32.7 Å². The summed E-state index contributed by atoms with van der Waals surface area (Å²) < 4.78 is 38.8. The molecule has 5 unspecified atom stereocenters. The molecule has 6 atom stereocenters. The number of amides is 3. The molecule has 0 aromatic heterocycles. The molecule has 3 amide bonds. The number of halogens is 3. The van der Waals surface area contributed by atoms with Gasteiger partial charge in [-0.1, -0.05) is 38.5 Å². The molecule has 2 aliphatic carbocycles. The summed E-state index contributed by atoms with van der Waals surface area (Å²) in [5, 5.41) is 17.3. The Morgan fingerprint density at radius 3 is 2.26 bits per heavy atom. The molecular formula is C32H40F3N3O4. The van der Waals surface area contributed by atoms with Gasteiger partial charge in [-0.2, -0.15) is 13.2 Å². The quantitative estimate of drug-likeness (QED) is 0.242. The van der Waals surface area contributed by atoms with E-state index in [0.717, 1.165) is 50.7 Å². The van der Waals surface area contributed by atoms with Gasteiger partial charge in [0.15, 0.2) is 0 Å². The number of carboxylic acid groups (broad SMARTS) is 1. The van der Waals surface area contributed by atoms with Crippen molar-refractivity contribution in [3.8, 4) is 0 Å². The molecule has 2 saturated carbocycles. The zero-order valence-electron chi connectivity index (χ0n) is 24.0. The third kappa shape index (κ3) is 8.26. The normalized spacial score (nSPS) is 23.6. The molecular weight excluding hydrogens is 547 g/mol. The monoisotopic (exact) mass is 587 g/mol. The van der Waals surface area contributed by atoms with Crippen molar-refractivity contribution in [2.45, 2.75) is 83.4 Å². The smallest absolute Gasteiger partial charge is 0.416 e. The first-order valence-electron chi connectivity index (χ1n) is 14.8. The van der Waals surface area contributed by atoms with Gasteiger partial charge in [-0.3, -0.25) is 4.79 Å². The van der Waals surface area contributed by atoms with Gasteiger partial charge in [0, 0.05) is 17.8 Å². The largest absolute Gasteiger partial charge is 0.480 e. The van der Waals surface area contributed by atoms with Crippen LogP contribution in [0.5, 0.6) is 0 Å². The van der Waals surface area contributed by atoms with E-state index in [-0.39, 0.29) is 23.4 Å². The van der Waals surface area contributed by atoms with Crippen molar-refractivity contribution in [2.75, 3.05) is 10.6 Å². The van der Waals surface area contributed by atoms with E-state index in [1.54, 1.807) is 0 Å². The minimum atomic E-state index is -4.49. The van der Waals surface area contributed by atoms with E-state index in [0.29, 0.717) is 36.3 Å². The van der Waals surface area contributed by atoms with Gasteiger partial charge in [-0.25, -0.2) is 9.59 Å². The highest BCUT2D eigenvalue weighted by molar-refractivity contribution is 5.99. The van der Waals surface area contributed by atoms with E-state index >= 15 is 0 Å². The van der Waals surface area contributed by atoms with Gasteiger partial charge in [0.05, 0.1) is 5.56 Å². The van der Waals surface area contributed by atoms with Crippen molar-refractivity contribution in [1.29, 1.82) is 0 Å². The van der Waals surface area contributed by atoms with Gasteiger partial charge in [0.2, 0.25) is 5.91 Å². The Hall–Kier alpha value is -3.56. The number of benzene rings is 2. The lowest BCUT2D eigenvalue weighted by Gasteiger charge is -2.42. The van der Waals surface area contributed by atoms with Gasteiger partial charge in [-0.15, -0.1) is 0 Å². The van der Waals surface area contributed by atoms with E-state index in [1.807, 2.05) is 38.1 Å².